The molecule has 0 saturated heterocycles. The van der Waals surface area contributed by atoms with Crippen molar-refractivity contribution in [2.45, 2.75) is 73.3 Å². The van der Waals surface area contributed by atoms with E-state index in [1.54, 1.807) is 6.07 Å². The predicted molar refractivity (Wildman–Crippen MR) is 102 cm³/mol. The highest BCUT2D eigenvalue weighted by Gasteiger charge is 2.20. The van der Waals surface area contributed by atoms with E-state index in [-0.39, 0.29) is 11.9 Å². The lowest BCUT2D eigenvalue weighted by Crippen LogP contribution is -2.17. The molecule has 0 radical (unpaired) electrons. The Kier molecular flexibility index (Phi) is 6.40. The van der Waals surface area contributed by atoms with Gasteiger partial charge in [-0.05, 0) is 56.7 Å². The van der Waals surface area contributed by atoms with Crippen LogP contribution in [0.2, 0.25) is 0 Å². The zero-order valence-corrected chi connectivity index (χ0v) is 16.3. The number of hydrogen-bond acceptors (Lipinski definition) is 4. The molecule has 0 fully saturated rings. The molecule has 0 bridgehead atoms. The largest absolute Gasteiger partial charge is 0.507 e. The lowest BCUT2D eigenvalue weighted by atomic mass is 9.99. The number of nitrogens with zero attached hydrogens (tertiary/aromatic N) is 2. The van der Waals surface area contributed by atoms with Gasteiger partial charge in [0.25, 0.3) is 0 Å². The number of ether oxygens (including phenoxy) is 1. The van der Waals surface area contributed by atoms with Crippen LogP contribution in [-0.2, 0) is 12.8 Å². The van der Waals surface area contributed by atoms with E-state index in [1.165, 1.54) is 0 Å². The molecule has 1 aromatic heterocycles. The average molecular weight is 342 g/mol. The van der Waals surface area contributed by atoms with Crippen LogP contribution in [0.15, 0.2) is 12.1 Å². The van der Waals surface area contributed by atoms with Gasteiger partial charge in [-0.1, -0.05) is 33.8 Å². The van der Waals surface area contributed by atoms with E-state index in [2.05, 4.69) is 33.8 Å². The Bertz CT molecular complexity index is 714. The van der Waals surface area contributed by atoms with E-state index < -0.39 is 0 Å². The number of benzene rings is 1. The predicted octanol–water partition coefficient (Wildman–Crippen LogP) is 5.16. The van der Waals surface area contributed by atoms with Crippen molar-refractivity contribution >= 4 is 0 Å². The van der Waals surface area contributed by atoms with E-state index in [1.807, 2.05) is 13.8 Å². The molecule has 2 rings (SSSR count). The van der Waals surface area contributed by atoms with Crippen molar-refractivity contribution in [1.29, 1.82) is 0 Å². The molecule has 25 heavy (non-hydrogen) atoms. The van der Waals surface area contributed by atoms with Gasteiger partial charge >= 0.3 is 0 Å². The lowest BCUT2D eigenvalue weighted by molar-refractivity contribution is 0.181. The van der Waals surface area contributed by atoms with Gasteiger partial charge < -0.3 is 9.84 Å². The third kappa shape index (κ3) is 4.12. The maximum atomic E-state index is 10.5. The van der Waals surface area contributed by atoms with E-state index >= 15 is 0 Å². The second-order valence-electron chi connectivity index (χ2n) is 6.51. The number of aromatic hydroxyl groups is 1. The molecule has 0 amide bonds. The third-order valence-corrected chi connectivity index (χ3v) is 4.56. The number of rotatable bonds is 7. The average Bonchev–Trinajstić information content (AvgIpc) is 2.58. The SMILES string of the molecule is CCc1nc(-c2c(C)cc(C)cc2O)c(CC)nc1OC(CC)CC. The Labute approximate surface area is 151 Å². The van der Waals surface area contributed by atoms with Crippen LogP contribution in [0.4, 0.5) is 0 Å². The van der Waals surface area contributed by atoms with Crippen molar-refractivity contribution in [1.82, 2.24) is 9.97 Å². The summed E-state index contributed by atoms with van der Waals surface area (Å²) in [5, 5.41) is 10.5. The van der Waals surface area contributed by atoms with Gasteiger partial charge in [0.1, 0.15) is 11.4 Å². The number of hydrogen-bond donors (Lipinski definition) is 1. The lowest BCUT2D eigenvalue weighted by Gasteiger charge is -2.19. The molecule has 0 spiro atoms. The third-order valence-electron chi connectivity index (χ3n) is 4.56. The summed E-state index contributed by atoms with van der Waals surface area (Å²) in [4.78, 5) is 9.64. The molecule has 0 aliphatic heterocycles. The molecule has 0 aliphatic rings. The molecule has 4 heteroatoms. The molecule has 0 atom stereocenters. The maximum Gasteiger partial charge on any atom is 0.236 e. The molecular formula is C21H30N2O2. The van der Waals surface area contributed by atoms with Crippen LogP contribution in [0.25, 0.3) is 11.3 Å². The number of aryl methyl sites for hydroxylation is 4. The van der Waals surface area contributed by atoms with Crippen LogP contribution < -0.4 is 4.74 Å². The molecule has 2 aromatic rings. The molecule has 1 N–H and O–H groups in total. The molecule has 136 valence electrons. The van der Waals surface area contributed by atoms with Gasteiger partial charge in [-0.15, -0.1) is 0 Å². The van der Waals surface area contributed by atoms with E-state index in [9.17, 15) is 5.11 Å². The quantitative estimate of drug-likeness (QED) is 0.755. The molecule has 1 aromatic carbocycles. The van der Waals surface area contributed by atoms with Crippen LogP contribution >= 0.6 is 0 Å². The number of aromatic nitrogens is 2. The fraction of sp³-hybridized carbons (Fsp3) is 0.524. The first-order valence-corrected chi connectivity index (χ1v) is 9.31. The topological polar surface area (TPSA) is 55.2 Å². The minimum Gasteiger partial charge on any atom is -0.507 e. The summed E-state index contributed by atoms with van der Waals surface area (Å²) in [6.07, 6.45) is 3.53. The Morgan fingerprint density at radius 3 is 2.12 bits per heavy atom. The summed E-state index contributed by atoms with van der Waals surface area (Å²) in [7, 11) is 0. The zero-order valence-electron chi connectivity index (χ0n) is 16.3. The van der Waals surface area contributed by atoms with Gasteiger partial charge in [0.05, 0.1) is 17.5 Å². The summed E-state index contributed by atoms with van der Waals surface area (Å²) in [6, 6.07) is 3.85. The van der Waals surface area contributed by atoms with Crippen LogP contribution in [0.1, 0.15) is 63.1 Å². The minimum atomic E-state index is 0.157. The molecule has 0 saturated carbocycles. The monoisotopic (exact) mass is 342 g/mol. The Balaban J connectivity index is 2.61. The first-order chi connectivity index (χ1) is 11.9. The Morgan fingerprint density at radius 1 is 0.960 bits per heavy atom. The fourth-order valence-corrected chi connectivity index (χ4v) is 3.13. The first kappa shape index (κ1) is 19.2. The van der Waals surface area contributed by atoms with E-state index in [4.69, 9.17) is 14.7 Å². The molecule has 1 heterocycles. The molecule has 0 unspecified atom stereocenters. The van der Waals surface area contributed by atoms with Crippen LogP contribution in [0, 0.1) is 13.8 Å². The Morgan fingerprint density at radius 2 is 1.60 bits per heavy atom. The van der Waals surface area contributed by atoms with Crippen molar-refractivity contribution in [2.75, 3.05) is 0 Å². The summed E-state index contributed by atoms with van der Waals surface area (Å²) >= 11 is 0. The van der Waals surface area contributed by atoms with Crippen molar-refractivity contribution < 1.29 is 9.84 Å². The molecular weight excluding hydrogens is 312 g/mol. The molecule has 4 nitrogen and oxygen atoms in total. The van der Waals surface area contributed by atoms with Crippen LogP contribution in [0.3, 0.4) is 0 Å². The van der Waals surface area contributed by atoms with E-state index in [0.717, 1.165) is 59.5 Å². The van der Waals surface area contributed by atoms with Gasteiger partial charge in [0.15, 0.2) is 0 Å². The summed E-state index contributed by atoms with van der Waals surface area (Å²) in [5.41, 5.74) is 5.30. The van der Waals surface area contributed by atoms with Gasteiger partial charge in [-0.3, -0.25) is 0 Å². The van der Waals surface area contributed by atoms with Gasteiger partial charge in [-0.2, -0.15) is 0 Å². The smallest absolute Gasteiger partial charge is 0.236 e. The minimum absolute atomic E-state index is 0.157. The summed E-state index contributed by atoms with van der Waals surface area (Å²) < 4.78 is 6.11. The highest BCUT2D eigenvalue weighted by atomic mass is 16.5. The zero-order chi connectivity index (χ0) is 18.6. The normalized spacial score (nSPS) is 11.2. The fourth-order valence-electron chi connectivity index (χ4n) is 3.13. The standard InChI is InChI=1S/C21H30N2O2/c1-7-15(8-2)25-21-17(10-4)22-20(16(9-3)23-21)19-14(6)11-13(5)12-18(19)24/h11-12,15,24H,7-10H2,1-6H3. The highest BCUT2D eigenvalue weighted by molar-refractivity contribution is 5.73. The van der Waals surface area contributed by atoms with Crippen molar-refractivity contribution in [3.05, 3.63) is 34.6 Å². The van der Waals surface area contributed by atoms with Crippen LogP contribution in [-0.4, -0.2) is 21.2 Å². The highest BCUT2D eigenvalue weighted by Crippen LogP contribution is 2.35. The molecule has 0 aliphatic carbocycles. The maximum absolute atomic E-state index is 10.5. The second-order valence-corrected chi connectivity index (χ2v) is 6.51. The Hall–Kier alpha value is -2.10. The first-order valence-electron chi connectivity index (χ1n) is 9.31. The summed E-state index contributed by atoms with van der Waals surface area (Å²) in [6.45, 7) is 12.3. The van der Waals surface area contributed by atoms with Gasteiger partial charge in [0.2, 0.25) is 5.88 Å². The number of phenolic OH excluding ortho intramolecular Hbond substituents is 1. The number of phenols is 1. The van der Waals surface area contributed by atoms with Crippen molar-refractivity contribution in [2.24, 2.45) is 0 Å². The van der Waals surface area contributed by atoms with Crippen molar-refractivity contribution in [3.63, 3.8) is 0 Å². The second kappa shape index (κ2) is 8.32. The van der Waals surface area contributed by atoms with Crippen LogP contribution in [0.5, 0.6) is 11.6 Å². The van der Waals surface area contributed by atoms with Gasteiger partial charge in [-0.25, -0.2) is 9.97 Å². The van der Waals surface area contributed by atoms with Gasteiger partial charge in [0, 0.05) is 5.56 Å². The van der Waals surface area contributed by atoms with E-state index in [0.29, 0.717) is 5.88 Å². The van der Waals surface area contributed by atoms with Crippen molar-refractivity contribution in [3.8, 4) is 22.9 Å². The summed E-state index contributed by atoms with van der Waals surface area (Å²) in [5.74, 6) is 0.901.